The molecule has 8 heavy (non-hydrogen) atoms. The Kier molecular flexibility index (Phi) is 3.34. The Labute approximate surface area is 50.7 Å². The Morgan fingerprint density at radius 2 is 2.00 bits per heavy atom. The highest BCUT2D eigenvalue weighted by molar-refractivity contribution is 7.58. The van der Waals surface area contributed by atoms with Gasteiger partial charge < -0.3 is 4.52 Å². The Morgan fingerprint density at radius 1 is 1.50 bits per heavy atom. The summed E-state index contributed by atoms with van der Waals surface area (Å²) in [5, 5.41) is 0. The summed E-state index contributed by atoms with van der Waals surface area (Å²) in [6.07, 6.45) is 0.640. The fraction of sp³-hybridized carbons (Fsp3) is 1.00. The molecule has 0 saturated carbocycles. The van der Waals surface area contributed by atoms with Crippen molar-refractivity contribution in [3.8, 4) is 0 Å². The van der Waals surface area contributed by atoms with Crippen molar-refractivity contribution in [2.45, 2.75) is 13.8 Å². The van der Waals surface area contributed by atoms with Crippen LogP contribution in [-0.4, -0.2) is 19.4 Å². The van der Waals surface area contributed by atoms with Crippen LogP contribution in [0.4, 0.5) is 0 Å². The van der Waals surface area contributed by atoms with E-state index in [2.05, 4.69) is 0 Å². The van der Waals surface area contributed by atoms with E-state index < -0.39 is 7.37 Å². The van der Waals surface area contributed by atoms with E-state index >= 15 is 0 Å². The maximum Gasteiger partial charge on any atom is 0.199 e. The average Bonchev–Trinajstić information content (AvgIpc) is 1.67. The van der Waals surface area contributed by atoms with Gasteiger partial charge in [-0.15, -0.1) is 0 Å². The second-order valence-electron chi connectivity index (χ2n) is 1.75. The van der Waals surface area contributed by atoms with Crippen molar-refractivity contribution in [1.29, 1.82) is 0 Å². The highest BCUT2D eigenvalue weighted by Crippen LogP contribution is 2.41. The summed E-state index contributed by atoms with van der Waals surface area (Å²) in [6.45, 7) is 5.94. The first kappa shape index (κ1) is 8.19. The molecule has 0 saturated heterocycles. The lowest BCUT2D eigenvalue weighted by atomic mass is 10.9. The number of hydrogen-bond acceptors (Lipinski definition) is 2. The third kappa shape index (κ3) is 3.23. The summed E-state index contributed by atoms with van der Waals surface area (Å²) in [6, 6.07) is 0. The molecule has 0 radical (unpaired) electrons. The van der Waals surface area contributed by atoms with Gasteiger partial charge in [-0.2, -0.15) is 0 Å². The largest absolute Gasteiger partial charge is 0.329 e. The lowest BCUT2D eigenvalue weighted by Crippen LogP contribution is -1.88. The third-order valence-electron chi connectivity index (χ3n) is 0.977. The van der Waals surface area contributed by atoms with Crippen molar-refractivity contribution in [3.05, 3.63) is 0 Å². The zero-order valence-electron chi connectivity index (χ0n) is 5.68. The molecule has 0 aromatic heterocycles. The molecule has 50 valence electrons. The number of hydrogen-bond donors (Lipinski definition) is 0. The Balaban J connectivity index is 3.55. The Hall–Kier alpha value is 0.190. The quantitative estimate of drug-likeness (QED) is 0.554. The van der Waals surface area contributed by atoms with E-state index in [0.29, 0.717) is 12.8 Å². The van der Waals surface area contributed by atoms with Crippen molar-refractivity contribution in [2.24, 2.45) is 0 Å². The van der Waals surface area contributed by atoms with Gasteiger partial charge in [-0.25, -0.2) is 0 Å². The minimum atomic E-state index is -2.17. The fourth-order valence-electron chi connectivity index (χ4n) is 0.364. The van der Waals surface area contributed by atoms with E-state index in [-0.39, 0.29) is 0 Å². The molecular formula is C5H13O2P. The molecule has 0 amide bonds. The third-order valence-corrected chi connectivity index (χ3v) is 2.93. The second kappa shape index (κ2) is 3.26. The van der Waals surface area contributed by atoms with Crippen LogP contribution in [0, 0.1) is 0 Å². The molecular weight excluding hydrogens is 123 g/mol. The van der Waals surface area contributed by atoms with Crippen LogP contribution >= 0.6 is 7.37 Å². The van der Waals surface area contributed by atoms with Gasteiger partial charge in [0.25, 0.3) is 0 Å². The molecule has 0 N–H and O–H groups in total. The van der Waals surface area contributed by atoms with Crippen LogP contribution in [0.15, 0.2) is 0 Å². The van der Waals surface area contributed by atoms with E-state index in [0.717, 1.165) is 0 Å². The van der Waals surface area contributed by atoms with Crippen molar-refractivity contribution >= 4 is 7.37 Å². The molecule has 0 aromatic carbocycles. The monoisotopic (exact) mass is 136 g/mol. The first-order valence-corrected chi connectivity index (χ1v) is 5.09. The van der Waals surface area contributed by atoms with Gasteiger partial charge in [0, 0.05) is 12.8 Å². The minimum Gasteiger partial charge on any atom is -0.329 e. The average molecular weight is 136 g/mol. The van der Waals surface area contributed by atoms with Crippen molar-refractivity contribution in [2.75, 3.05) is 19.4 Å². The second-order valence-corrected chi connectivity index (χ2v) is 4.67. The van der Waals surface area contributed by atoms with Crippen LogP contribution in [0.1, 0.15) is 13.8 Å². The van der Waals surface area contributed by atoms with Crippen LogP contribution in [0.5, 0.6) is 0 Å². The Morgan fingerprint density at radius 3 is 2.12 bits per heavy atom. The Bertz CT molecular complexity index is 101. The molecule has 0 spiro atoms. The van der Waals surface area contributed by atoms with Crippen molar-refractivity contribution in [3.63, 3.8) is 0 Å². The van der Waals surface area contributed by atoms with Crippen LogP contribution in [0.2, 0.25) is 0 Å². The smallest absolute Gasteiger partial charge is 0.199 e. The maximum atomic E-state index is 11.0. The molecule has 0 aliphatic rings. The molecule has 1 atom stereocenters. The number of rotatable bonds is 3. The summed E-state index contributed by atoms with van der Waals surface area (Å²) in [4.78, 5) is 0. The van der Waals surface area contributed by atoms with Crippen molar-refractivity contribution < 1.29 is 9.09 Å². The van der Waals surface area contributed by atoms with E-state index in [9.17, 15) is 4.57 Å². The van der Waals surface area contributed by atoms with Crippen LogP contribution in [0.25, 0.3) is 0 Å². The van der Waals surface area contributed by atoms with Crippen LogP contribution in [0.3, 0.4) is 0 Å². The maximum absolute atomic E-state index is 11.0. The molecule has 3 heteroatoms. The zero-order valence-corrected chi connectivity index (χ0v) is 6.57. The molecule has 0 rings (SSSR count). The lowest BCUT2D eigenvalue weighted by Gasteiger charge is -2.07. The van der Waals surface area contributed by atoms with Gasteiger partial charge in [0.1, 0.15) is 0 Å². The highest BCUT2D eigenvalue weighted by Gasteiger charge is 2.09. The van der Waals surface area contributed by atoms with Gasteiger partial charge in [-0.3, -0.25) is 4.57 Å². The molecule has 0 heterocycles. The minimum absolute atomic E-state index is 0.557. The summed E-state index contributed by atoms with van der Waals surface area (Å²) in [7, 11) is -2.17. The first-order valence-electron chi connectivity index (χ1n) is 2.83. The zero-order chi connectivity index (χ0) is 6.62. The van der Waals surface area contributed by atoms with Gasteiger partial charge in [-0.1, -0.05) is 6.92 Å². The van der Waals surface area contributed by atoms with Gasteiger partial charge in [0.15, 0.2) is 7.37 Å². The van der Waals surface area contributed by atoms with Gasteiger partial charge in [0.2, 0.25) is 0 Å². The molecule has 0 aliphatic heterocycles. The van der Waals surface area contributed by atoms with Crippen LogP contribution < -0.4 is 0 Å². The normalized spacial score (nSPS) is 17.9. The van der Waals surface area contributed by atoms with Gasteiger partial charge in [-0.05, 0) is 6.92 Å². The standard InChI is InChI=1S/C5H13O2P/c1-4-7-8(3,6)5-2/h4-5H2,1-3H3/t8-/m1/s1. The van der Waals surface area contributed by atoms with E-state index in [1.807, 2.05) is 13.8 Å². The highest BCUT2D eigenvalue weighted by atomic mass is 31.2. The van der Waals surface area contributed by atoms with E-state index in [4.69, 9.17) is 4.52 Å². The fourth-order valence-corrected chi connectivity index (χ4v) is 1.09. The molecule has 2 nitrogen and oxygen atoms in total. The molecule has 0 aromatic rings. The summed E-state index contributed by atoms with van der Waals surface area (Å²) in [5.41, 5.74) is 0. The van der Waals surface area contributed by atoms with Gasteiger partial charge >= 0.3 is 0 Å². The summed E-state index contributed by atoms with van der Waals surface area (Å²) < 4.78 is 15.9. The topological polar surface area (TPSA) is 26.3 Å². The predicted octanol–water partition coefficient (Wildman–Crippen LogP) is 1.95. The predicted molar refractivity (Wildman–Crippen MR) is 35.7 cm³/mol. The van der Waals surface area contributed by atoms with E-state index in [1.165, 1.54) is 0 Å². The van der Waals surface area contributed by atoms with Gasteiger partial charge in [0.05, 0.1) is 6.61 Å². The SMILES string of the molecule is CCO[P@@](C)(=O)CC. The van der Waals surface area contributed by atoms with Crippen LogP contribution in [-0.2, 0) is 9.09 Å². The van der Waals surface area contributed by atoms with E-state index in [1.54, 1.807) is 6.66 Å². The molecule has 0 bridgehead atoms. The first-order chi connectivity index (χ1) is 3.62. The molecule has 0 fully saturated rings. The van der Waals surface area contributed by atoms with Crippen molar-refractivity contribution in [1.82, 2.24) is 0 Å². The summed E-state index contributed by atoms with van der Waals surface area (Å²) in [5.74, 6) is 0. The molecule has 0 aliphatic carbocycles. The molecule has 0 unspecified atom stereocenters. The lowest BCUT2D eigenvalue weighted by molar-refractivity contribution is 0.338. The summed E-state index contributed by atoms with van der Waals surface area (Å²) >= 11 is 0.